The lowest BCUT2D eigenvalue weighted by Gasteiger charge is -2.38. The van der Waals surface area contributed by atoms with Gasteiger partial charge in [0.25, 0.3) is 0 Å². The summed E-state index contributed by atoms with van der Waals surface area (Å²) in [6.07, 6.45) is 4.51. The van der Waals surface area contributed by atoms with Gasteiger partial charge in [0, 0.05) is 25.0 Å². The monoisotopic (exact) mass is 307 g/mol. The highest BCUT2D eigenvalue weighted by atomic mass is 35.5. The molecule has 2 aliphatic heterocycles. The molecule has 2 fully saturated rings. The van der Waals surface area contributed by atoms with Gasteiger partial charge in [-0.15, -0.1) is 0 Å². The Kier molecular flexibility index (Phi) is 4.23. The fourth-order valence-electron chi connectivity index (χ4n) is 3.55. The normalized spacial score (nSPS) is 24.5. The van der Waals surface area contributed by atoms with E-state index in [1.54, 1.807) is 6.92 Å². The fourth-order valence-corrected chi connectivity index (χ4v) is 3.68. The third-order valence-electron chi connectivity index (χ3n) is 4.93. The van der Waals surface area contributed by atoms with Crippen molar-refractivity contribution in [2.45, 2.75) is 38.7 Å². The summed E-state index contributed by atoms with van der Waals surface area (Å²) in [7, 11) is 0. The van der Waals surface area contributed by atoms with Crippen molar-refractivity contribution in [2.24, 2.45) is 5.41 Å². The van der Waals surface area contributed by atoms with Crippen molar-refractivity contribution in [3.63, 3.8) is 0 Å². The van der Waals surface area contributed by atoms with Gasteiger partial charge in [0.2, 0.25) is 5.91 Å². The maximum Gasteiger partial charge on any atom is 0.219 e. The molecule has 1 amide bonds. The van der Waals surface area contributed by atoms with Crippen molar-refractivity contribution in [3.05, 3.63) is 34.9 Å². The molecule has 0 aliphatic carbocycles. The van der Waals surface area contributed by atoms with E-state index in [-0.39, 0.29) is 5.91 Å². The van der Waals surface area contributed by atoms with Crippen molar-refractivity contribution in [1.29, 1.82) is 0 Å². The lowest BCUT2D eigenvalue weighted by Crippen LogP contribution is -2.42. The summed E-state index contributed by atoms with van der Waals surface area (Å²) < 4.78 is 6.04. The number of ether oxygens (including phenoxy) is 1. The Balaban J connectivity index is 1.56. The van der Waals surface area contributed by atoms with Gasteiger partial charge in [0.05, 0.1) is 12.7 Å². The number of rotatable bonds is 2. The van der Waals surface area contributed by atoms with E-state index >= 15 is 0 Å². The van der Waals surface area contributed by atoms with Gasteiger partial charge < -0.3 is 9.64 Å². The van der Waals surface area contributed by atoms with Crippen LogP contribution in [0.1, 0.15) is 31.7 Å². The topological polar surface area (TPSA) is 29.5 Å². The van der Waals surface area contributed by atoms with Crippen LogP contribution in [0.4, 0.5) is 0 Å². The smallest absolute Gasteiger partial charge is 0.219 e. The second-order valence-corrected chi connectivity index (χ2v) is 6.91. The predicted molar refractivity (Wildman–Crippen MR) is 83.4 cm³/mol. The first-order valence-corrected chi connectivity index (χ1v) is 8.06. The van der Waals surface area contributed by atoms with Crippen LogP contribution < -0.4 is 0 Å². The lowest BCUT2D eigenvalue weighted by atomic mass is 9.76. The Morgan fingerprint density at radius 3 is 2.62 bits per heavy atom. The number of benzene rings is 1. The highest BCUT2D eigenvalue weighted by Crippen LogP contribution is 2.42. The molecule has 0 unspecified atom stereocenters. The molecule has 0 N–H and O–H groups in total. The molecule has 0 radical (unpaired) electrons. The van der Waals surface area contributed by atoms with E-state index in [4.69, 9.17) is 16.3 Å². The number of hydrogen-bond acceptors (Lipinski definition) is 2. The summed E-state index contributed by atoms with van der Waals surface area (Å²) in [5.74, 6) is 0.196. The summed E-state index contributed by atoms with van der Waals surface area (Å²) in [6, 6.07) is 8.03. The van der Waals surface area contributed by atoms with Crippen LogP contribution in [0.3, 0.4) is 0 Å². The van der Waals surface area contributed by atoms with Gasteiger partial charge in [0.15, 0.2) is 0 Å². The van der Waals surface area contributed by atoms with Crippen LogP contribution in [0.2, 0.25) is 5.02 Å². The number of halogens is 1. The zero-order valence-electron chi connectivity index (χ0n) is 12.5. The zero-order valence-corrected chi connectivity index (χ0v) is 13.2. The molecule has 0 aromatic heterocycles. The summed E-state index contributed by atoms with van der Waals surface area (Å²) in [6.45, 7) is 4.27. The van der Waals surface area contributed by atoms with Crippen molar-refractivity contribution in [2.75, 3.05) is 19.7 Å². The Labute approximate surface area is 131 Å². The van der Waals surface area contributed by atoms with E-state index in [9.17, 15) is 4.79 Å². The maximum atomic E-state index is 11.4. The highest BCUT2D eigenvalue weighted by molar-refractivity contribution is 6.30. The average Bonchev–Trinajstić information content (AvgIpc) is 2.85. The number of hydrogen-bond donors (Lipinski definition) is 0. The molecule has 2 heterocycles. The number of nitrogens with zero attached hydrogens (tertiary/aromatic N) is 1. The van der Waals surface area contributed by atoms with E-state index < -0.39 is 0 Å². The molecule has 2 aliphatic rings. The molecule has 114 valence electrons. The first kappa shape index (κ1) is 14.9. The number of carbonyl (C=O) groups is 1. The van der Waals surface area contributed by atoms with Gasteiger partial charge >= 0.3 is 0 Å². The Morgan fingerprint density at radius 2 is 2.00 bits per heavy atom. The molecular weight excluding hydrogens is 286 g/mol. The van der Waals surface area contributed by atoms with Crippen molar-refractivity contribution < 1.29 is 9.53 Å². The Hall–Kier alpha value is -1.06. The molecular formula is C17H22ClNO2. The first-order valence-electron chi connectivity index (χ1n) is 7.68. The number of likely N-dealkylation sites (tertiary alicyclic amines) is 1. The first-order chi connectivity index (χ1) is 10.1. The molecule has 0 bridgehead atoms. The van der Waals surface area contributed by atoms with Crippen LogP contribution in [-0.2, 0) is 16.0 Å². The standard InChI is InChI=1S/C17H22ClNO2/c1-13(20)19-8-6-17(7-9-19)11-16(21-12-17)10-14-2-4-15(18)5-3-14/h2-5,16H,6-12H2,1H3/t16-/m0/s1. The molecule has 4 heteroatoms. The minimum Gasteiger partial charge on any atom is -0.377 e. The van der Waals surface area contributed by atoms with Crippen molar-refractivity contribution in [1.82, 2.24) is 4.90 Å². The second-order valence-electron chi connectivity index (χ2n) is 6.47. The van der Waals surface area contributed by atoms with Gasteiger partial charge in [-0.25, -0.2) is 0 Å². The van der Waals surface area contributed by atoms with Gasteiger partial charge in [-0.05, 0) is 48.8 Å². The molecule has 0 saturated carbocycles. The third kappa shape index (κ3) is 3.41. The van der Waals surface area contributed by atoms with Gasteiger partial charge in [-0.3, -0.25) is 4.79 Å². The summed E-state index contributed by atoms with van der Waals surface area (Å²) >= 11 is 5.92. The fraction of sp³-hybridized carbons (Fsp3) is 0.588. The van der Waals surface area contributed by atoms with Crippen molar-refractivity contribution in [3.8, 4) is 0 Å². The molecule has 3 nitrogen and oxygen atoms in total. The van der Waals surface area contributed by atoms with Crippen LogP contribution in [-0.4, -0.2) is 36.6 Å². The molecule has 2 saturated heterocycles. The second kappa shape index (κ2) is 5.98. The van der Waals surface area contributed by atoms with Gasteiger partial charge in [-0.2, -0.15) is 0 Å². The summed E-state index contributed by atoms with van der Waals surface area (Å²) in [4.78, 5) is 13.4. The predicted octanol–water partition coefficient (Wildman–Crippen LogP) is 3.30. The van der Waals surface area contributed by atoms with E-state index in [2.05, 4.69) is 12.1 Å². The molecule has 21 heavy (non-hydrogen) atoms. The third-order valence-corrected chi connectivity index (χ3v) is 5.18. The van der Waals surface area contributed by atoms with E-state index in [0.717, 1.165) is 50.4 Å². The molecule has 1 aromatic rings. The van der Waals surface area contributed by atoms with Gasteiger partial charge in [0.1, 0.15) is 0 Å². The van der Waals surface area contributed by atoms with Crippen LogP contribution in [0.25, 0.3) is 0 Å². The Morgan fingerprint density at radius 1 is 1.33 bits per heavy atom. The number of carbonyl (C=O) groups excluding carboxylic acids is 1. The zero-order chi connectivity index (χ0) is 14.9. The average molecular weight is 308 g/mol. The van der Waals surface area contributed by atoms with Crippen molar-refractivity contribution >= 4 is 17.5 Å². The Bertz CT molecular complexity index is 506. The summed E-state index contributed by atoms with van der Waals surface area (Å²) in [5, 5.41) is 0.777. The summed E-state index contributed by atoms with van der Waals surface area (Å²) in [5.41, 5.74) is 1.57. The minimum atomic E-state index is 0.196. The van der Waals surface area contributed by atoms with E-state index in [1.165, 1.54) is 5.56 Å². The van der Waals surface area contributed by atoms with Crippen LogP contribution in [0.5, 0.6) is 0 Å². The van der Waals surface area contributed by atoms with Crippen LogP contribution >= 0.6 is 11.6 Å². The van der Waals surface area contributed by atoms with E-state index in [0.29, 0.717) is 11.5 Å². The largest absolute Gasteiger partial charge is 0.377 e. The highest BCUT2D eigenvalue weighted by Gasteiger charge is 2.42. The van der Waals surface area contributed by atoms with Crippen LogP contribution in [0, 0.1) is 5.41 Å². The number of amides is 1. The molecule has 1 atom stereocenters. The quantitative estimate of drug-likeness (QED) is 0.839. The maximum absolute atomic E-state index is 11.4. The molecule has 1 spiro atoms. The lowest BCUT2D eigenvalue weighted by molar-refractivity contribution is -0.131. The van der Waals surface area contributed by atoms with E-state index in [1.807, 2.05) is 17.0 Å². The SMILES string of the molecule is CC(=O)N1CCC2(CC1)CO[C@@H](Cc1ccc(Cl)cc1)C2. The minimum absolute atomic E-state index is 0.196. The van der Waals surface area contributed by atoms with Crippen LogP contribution in [0.15, 0.2) is 24.3 Å². The molecule has 3 rings (SSSR count). The molecule has 1 aromatic carbocycles. The van der Waals surface area contributed by atoms with Gasteiger partial charge in [-0.1, -0.05) is 23.7 Å². The number of piperidine rings is 1.